The van der Waals surface area contributed by atoms with Gasteiger partial charge in [0, 0.05) is 11.3 Å². The smallest absolute Gasteiger partial charge is 0.355 e. The van der Waals surface area contributed by atoms with Gasteiger partial charge in [-0.1, -0.05) is 0 Å². The van der Waals surface area contributed by atoms with Crippen LogP contribution in [-0.2, 0) is 4.79 Å². The predicted octanol–water partition coefficient (Wildman–Crippen LogP) is 1.19. The van der Waals surface area contributed by atoms with Crippen LogP contribution in [0.25, 0.3) is 0 Å². The van der Waals surface area contributed by atoms with Crippen LogP contribution in [0, 0.1) is 5.92 Å². The van der Waals surface area contributed by atoms with Gasteiger partial charge in [-0.15, -0.1) is 11.3 Å². The summed E-state index contributed by atoms with van der Waals surface area (Å²) in [5.74, 6) is -1.03. The van der Waals surface area contributed by atoms with E-state index >= 15 is 0 Å². The van der Waals surface area contributed by atoms with Gasteiger partial charge in [0.1, 0.15) is 0 Å². The van der Waals surface area contributed by atoms with Crippen molar-refractivity contribution in [2.75, 3.05) is 5.32 Å². The Morgan fingerprint density at radius 1 is 1.57 bits per heavy atom. The zero-order valence-corrected chi connectivity index (χ0v) is 8.00. The van der Waals surface area contributed by atoms with Crippen LogP contribution in [0.1, 0.15) is 23.3 Å². The van der Waals surface area contributed by atoms with Crippen LogP contribution < -0.4 is 5.32 Å². The minimum absolute atomic E-state index is 0.0268. The van der Waals surface area contributed by atoms with E-state index in [0.29, 0.717) is 5.13 Å². The first-order chi connectivity index (χ1) is 6.66. The fourth-order valence-electron chi connectivity index (χ4n) is 0.982. The average molecular weight is 212 g/mol. The second-order valence-corrected chi connectivity index (χ2v) is 3.96. The first kappa shape index (κ1) is 9.14. The molecule has 0 saturated heterocycles. The molecule has 14 heavy (non-hydrogen) atoms. The number of amides is 1. The Labute approximate surface area is 83.8 Å². The van der Waals surface area contributed by atoms with Gasteiger partial charge in [-0.3, -0.25) is 4.79 Å². The summed E-state index contributed by atoms with van der Waals surface area (Å²) >= 11 is 1.13. The zero-order valence-electron chi connectivity index (χ0n) is 7.19. The maximum atomic E-state index is 11.3. The number of thiazole rings is 1. The van der Waals surface area contributed by atoms with E-state index in [4.69, 9.17) is 5.11 Å². The summed E-state index contributed by atoms with van der Waals surface area (Å²) in [4.78, 5) is 25.5. The van der Waals surface area contributed by atoms with Gasteiger partial charge in [0.15, 0.2) is 10.8 Å². The van der Waals surface area contributed by atoms with Gasteiger partial charge in [0.2, 0.25) is 5.91 Å². The molecule has 6 heteroatoms. The number of rotatable bonds is 3. The second kappa shape index (κ2) is 3.38. The molecule has 0 aromatic carbocycles. The molecule has 1 aromatic heterocycles. The molecule has 0 radical (unpaired) electrons. The Morgan fingerprint density at radius 3 is 2.79 bits per heavy atom. The number of aromatic nitrogens is 1. The Balaban J connectivity index is 2.02. The third kappa shape index (κ3) is 1.90. The molecule has 0 spiro atoms. The van der Waals surface area contributed by atoms with Gasteiger partial charge < -0.3 is 10.4 Å². The highest BCUT2D eigenvalue weighted by Gasteiger charge is 2.30. The monoisotopic (exact) mass is 212 g/mol. The standard InChI is InChI=1S/C8H8N2O3S/c11-6(4-1-2-4)10-8-9-5(3-14-8)7(12)13/h3-4H,1-2H2,(H,12,13)(H,9,10,11). The second-order valence-electron chi connectivity index (χ2n) is 3.11. The molecule has 1 heterocycles. The molecule has 74 valence electrons. The van der Waals surface area contributed by atoms with Crippen molar-refractivity contribution in [2.45, 2.75) is 12.8 Å². The third-order valence-corrected chi connectivity index (χ3v) is 2.66. The summed E-state index contributed by atoms with van der Waals surface area (Å²) < 4.78 is 0. The Hall–Kier alpha value is -1.43. The number of carbonyl (C=O) groups is 2. The minimum Gasteiger partial charge on any atom is -0.476 e. The molecular formula is C8H8N2O3S. The summed E-state index contributed by atoms with van der Waals surface area (Å²) in [7, 11) is 0. The number of hydrogen-bond donors (Lipinski definition) is 2. The molecule has 1 aliphatic rings. The Morgan fingerprint density at radius 2 is 2.29 bits per heavy atom. The molecule has 1 aliphatic carbocycles. The maximum Gasteiger partial charge on any atom is 0.355 e. The summed E-state index contributed by atoms with van der Waals surface area (Å²) in [6, 6.07) is 0. The molecule has 1 saturated carbocycles. The van der Waals surface area contributed by atoms with Crippen LogP contribution in [0.3, 0.4) is 0 Å². The fraction of sp³-hybridized carbons (Fsp3) is 0.375. The molecule has 5 nitrogen and oxygen atoms in total. The van der Waals surface area contributed by atoms with Gasteiger partial charge in [-0.2, -0.15) is 0 Å². The van der Waals surface area contributed by atoms with Crippen molar-refractivity contribution in [1.29, 1.82) is 0 Å². The van der Waals surface area contributed by atoms with Crippen molar-refractivity contribution in [3.05, 3.63) is 11.1 Å². The molecular weight excluding hydrogens is 204 g/mol. The van der Waals surface area contributed by atoms with Crippen molar-refractivity contribution in [1.82, 2.24) is 4.98 Å². The minimum atomic E-state index is -1.08. The highest BCUT2D eigenvalue weighted by molar-refractivity contribution is 7.14. The summed E-state index contributed by atoms with van der Waals surface area (Å²) in [6.45, 7) is 0. The van der Waals surface area contributed by atoms with Gasteiger partial charge in [0.05, 0.1) is 0 Å². The lowest BCUT2D eigenvalue weighted by Gasteiger charge is -1.96. The first-order valence-electron chi connectivity index (χ1n) is 4.16. The quantitative estimate of drug-likeness (QED) is 0.788. The molecule has 2 N–H and O–H groups in total. The largest absolute Gasteiger partial charge is 0.476 e. The van der Waals surface area contributed by atoms with E-state index in [9.17, 15) is 9.59 Å². The van der Waals surface area contributed by atoms with Gasteiger partial charge in [-0.05, 0) is 12.8 Å². The third-order valence-electron chi connectivity index (χ3n) is 1.90. The van der Waals surface area contributed by atoms with Crippen LogP contribution >= 0.6 is 11.3 Å². The number of carboxylic acid groups (broad SMARTS) is 1. The lowest BCUT2D eigenvalue weighted by atomic mass is 10.4. The van der Waals surface area contributed by atoms with E-state index in [1.807, 2.05) is 0 Å². The summed E-state index contributed by atoms with van der Waals surface area (Å²) in [5, 5.41) is 12.9. The lowest BCUT2D eigenvalue weighted by Crippen LogP contribution is -2.13. The molecule has 0 bridgehead atoms. The SMILES string of the molecule is O=C(O)c1csc(NC(=O)C2CC2)n1. The molecule has 2 rings (SSSR count). The van der Waals surface area contributed by atoms with Gasteiger partial charge in [-0.25, -0.2) is 9.78 Å². The van der Waals surface area contributed by atoms with E-state index < -0.39 is 5.97 Å². The van der Waals surface area contributed by atoms with Crippen molar-refractivity contribution < 1.29 is 14.7 Å². The summed E-state index contributed by atoms with van der Waals surface area (Å²) in [6.07, 6.45) is 1.84. The van der Waals surface area contributed by atoms with Gasteiger partial charge in [0.25, 0.3) is 0 Å². The van der Waals surface area contributed by atoms with Crippen LogP contribution in [0.5, 0.6) is 0 Å². The summed E-state index contributed by atoms with van der Waals surface area (Å²) in [5.41, 5.74) is -0.0268. The number of carboxylic acids is 1. The van der Waals surface area contributed by atoms with E-state index in [1.54, 1.807) is 0 Å². The Bertz CT molecular complexity index is 384. The van der Waals surface area contributed by atoms with Crippen LogP contribution in [0.4, 0.5) is 5.13 Å². The van der Waals surface area contributed by atoms with Gasteiger partial charge >= 0.3 is 5.97 Å². The normalized spacial score (nSPS) is 15.1. The molecule has 1 fully saturated rings. The van der Waals surface area contributed by atoms with E-state index in [1.165, 1.54) is 5.38 Å². The van der Waals surface area contributed by atoms with E-state index in [-0.39, 0.29) is 17.5 Å². The predicted molar refractivity (Wildman–Crippen MR) is 50.4 cm³/mol. The molecule has 0 aliphatic heterocycles. The highest BCUT2D eigenvalue weighted by Crippen LogP contribution is 2.30. The zero-order chi connectivity index (χ0) is 10.1. The molecule has 0 atom stereocenters. The number of anilines is 1. The topological polar surface area (TPSA) is 79.3 Å². The number of nitrogens with zero attached hydrogens (tertiary/aromatic N) is 1. The van der Waals surface area contributed by atoms with Crippen LogP contribution in [0.15, 0.2) is 5.38 Å². The first-order valence-corrected chi connectivity index (χ1v) is 5.04. The maximum absolute atomic E-state index is 11.3. The van der Waals surface area contributed by atoms with Crippen LogP contribution in [-0.4, -0.2) is 22.0 Å². The van der Waals surface area contributed by atoms with Crippen molar-refractivity contribution in [3.8, 4) is 0 Å². The van der Waals surface area contributed by atoms with E-state index in [2.05, 4.69) is 10.3 Å². The molecule has 0 unspecified atom stereocenters. The highest BCUT2D eigenvalue weighted by atomic mass is 32.1. The Kier molecular flexibility index (Phi) is 2.20. The molecule has 1 amide bonds. The number of nitrogens with one attached hydrogen (secondary N) is 1. The number of hydrogen-bond acceptors (Lipinski definition) is 4. The van der Waals surface area contributed by atoms with Crippen LogP contribution in [0.2, 0.25) is 0 Å². The number of aromatic carboxylic acids is 1. The molecule has 1 aromatic rings. The number of carbonyl (C=O) groups excluding carboxylic acids is 1. The average Bonchev–Trinajstić information content (AvgIpc) is 2.87. The van der Waals surface area contributed by atoms with E-state index in [0.717, 1.165) is 24.2 Å². The van der Waals surface area contributed by atoms with Crippen molar-refractivity contribution >= 4 is 28.3 Å². The van der Waals surface area contributed by atoms with Crippen molar-refractivity contribution in [2.24, 2.45) is 5.92 Å². The lowest BCUT2D eigenvalue weighted by molar-refractivity contribution is -0.117. The van der Waals surface area contributed by atoms with Crippen molar-refractivity contribution in [3.63, 3.8) is 0 Å². The fourth-order valence-corrected chi connectivity index (χ4v) is 1.67.